The number of anilines is 2. The molecule has 1 heterocycles. The van der Waals surface area contributed by atoms with Gasteiger partial charge in [0.25, 0.3) is 11.5 Å². The number of nitrogens with zero attached hydrogens (tertiary/aromatic N) is 2. The van der Waals surface area contributed by atoms with Gasteiger partial charge in [-0.05, 0) is 37.3 Å². The van der Waals surface area contributed by atoms with E-state index in [0.29, 0.717) is 24.9 Å². The number of para-hydroxylation sites is 1. The molecule has 0 saturated heterocycles. The van der Waals surface area contributed by atoms with Crippen LogP contribution in [-0.2, 0) is 6.54 Å². The van der Waals surface area contributed by atoms with E-state index in [2.05, 4.69) is 4.98 Å². The molecule has 0 bridgehead atoms. The van der Waals surface area contributed by atoms with Crippen LogP contribution in [0.25, 0.3) is 0 Å². The van der Waals surface area contributed by atoms with Gasteiger partial charge in [0.1, 0.15) is 11.6 Å². The minimum atomic E-state index is -0.718. The van der Waals surface area contributed by atoms with Crippen LogP contribution in [0.4, 0.5) is 11.5 Å². The summed E-state index contributed by atoms with van der Waals surface area (Å²) in [5.41, 5.74) is 5.46. The van der Waals surface area contributed by atoms with Crippen LogP contribution in [0.3, 0.4) is 0 Å². The zero-order chi connectivity index (χ0) is 21.7. The summed E-state index contributed by atoms with van der Waals surface area (Å²) in [4.78, 5) is 41.7. The molecule has 8 nitrogen and oxygen atoms in total. The van der Waals surface area contributed by atoms with Gasteiger partial charge in [-0.1, -0.05) is 39.3 Å². The molecule has 29 heavy (non-hydrogen) atoms. The lowest BCUT2D eigenvalue weighted by Crippen LogP contribution is -2.42. The van der Waals surface area contributed by atoms with E-state index >= 15 is 0 Å². The normalized spacial score (nSPS) is 11.1. The van der Waals surface area contributed by atoms with Crippen molar-refractivity contribution in [2.24, 2.45) is 5.92 Å². The molecule has 1 amide bonds. The van der Waals surface area contributed by atoms with Crippen LogP contribution in [0.5, 0.6) is 5.75 Å². The van der Waals surface area contributed by atoms with Gasteiger partial charge in [0.05, 0.1) is 5.56 Å². The summed E-state index contributed by atoms with van der Waals surface area (Å²) in [6.45, 7) is 8.24. The maximum atomic E-state index is 13.3. The topological polar surface area (TPSA) is 121 Å². The zero-order valence-corrected chi connectivity index (χ0v) is 17.5. The number of amides is 1. The summed E-state index contributed by atoms with van der Waals surface area (Å²) in [7, 11) is 0. The molecule has 0 aliphatic carbocycles. The van der Waals surface area contributed by atoms with Crippen molar-refractivity contribution >= 4 is 17.4 Å². The second-order valence-electron chi connectivity index (χ2n) is 7.61. The van der Waals surface area contributed by atoms with Crippen molar-refractivity contribution in [2.45, 2.75) is 53.5 Å². The number of nitrogen functional groups attached to an aromatic ring is 1. The molecular weight excluding hydrogens is 372 g/mol. The van der Waals surface area contributed by atoms with Crippen LogP contribution in [0, 0.1) is 12.8 Å². The lowest BCUT2D eigenvalue weighted by molar-refractivity contribution is 0.0982. The fourth-order valence-electron chi connectivity index (χ4n) is 3.06. The van der Waals surface area contributed by atoms with Crippen molar-refractivity contribution in [2.75, 3.05) is 17.2 Å². The lowest BCUT2D eigenvalue weighted by Gasteiger charge is -2.26. The van der Waals surface area contributed by atoms with Crippen LogP contribution in [0.15, 0.2) is 27.8 Å². The maximum absolute atomic E-state index is 13.3. The number of hydrogen-bond acceptors (Lipinski definition) is 5. The number of phenolic OH excluding ortho intramolecular Hbond substituents is 1. The number of nitrogens with two attached hydrogens (primary N) is 1. The van der Waals surface area contributed by atoms with Crippen LogP contribution in [-0.4, -0.2) is 27.1 Å². The van der Waals surface area contributed by atoms with Crippen molar-refractivity contribution in [1.29, 1.82) is 0 Å². The number of rotatable bonds is 8. The molecule has 2 aromatic rings. The number of hydrogen-bond donors (Lipinski definition) is 3. The molecule has 158 valence electrons. The lowest BCUT2D eigenvalue weighted by atomic mass is 10.1. The number of benzene rings is 1. The summed E-state index contributed by atoms with van der Waals surface area (Å²) in [5.74, 6) is -0.453. The summed E-state index contributed by atoms with van der Waals surface area (Å²) >= 11 is 0. The summed E-state index contributed by atoms with van der Waals surface area (Å²) in [5, 5.41) is 10.4. The van der Waals surface area contributed by atoms with Gasteiger partial charge in [-0.2, -0.15) is 0 Å². The minimum Gasteiger partial charge on any atom is -0.507 e. The summed E-state index contributed by atoms with van der Waals surface area (Å²) < 4.78 is 1.28. The number of carbonyl (C=O) groups is 1. The van der Waals surface area contributed by atoms with E-state index in [4.69, 9.17) is 5.73 Å². The van der Waals surface area contributed by atoms with Gasteiger partial charge in [0, 0.05) is 13.1 Å². The third-order valence-electron chi connectivity index (χ3n) is 4.86. The monoisotopic (exact) mass is 402 g/mol. The summed E-state index contributed by atoms with van der Waals surface area (Å²) in [6, 6.07) is 4.86. The SMILES string of the molecule is CCCCn1c(N)c(N(CCC(C)C)C(=O)c2cccc(C)c2O)c(=O)[nH]c1=O. The van der Waals surface area contributed by atoms with E-state index in [1.807, 2.05) is 20.8 Å². The van der Waals surface area contributed by atoms with Gasteiger partial charge in [-0.15, -0.1) is 0 Å². The first-order chi connectivity index (χ1) is 13.7. The Kier molecular flexibility index (Phi) is 7.25. The number of H-pyrrole nitrogens is 1. The Morgan fingerprint density at radius 1 is 1.31 bits per heavy atom. The molecular formula is C21H30N4O4. The number of unbranched alkanes of at least 4 members (excludes halogenated alkanes) is 1. The Labute approximate surface area is 170 Å². The van der Waals surface area contributed by atoms with E-state index in [0.717, 1.165) is 6.42 Å². The van der Waals surface area contributed by atoms with Gasteiger partial charge in [0.15, 0.2) is 5.69 Å². The zero-order valence-electron chi connectivity index (χ0n) is 17.5. The number of aromatic nitrogens is 2. The first-order valence-corrected chi connectivity index (χ1v) is 9.92. The number of phenols is 1. The first kappa shape index (κ1) is 22.3. The minimum absolute atomic E-state index is 0.0450. The predicted molar refractivity (Wildman–Crippen MR) is 115 cm³/mol. The van der Waals surface area contributed by atoms with Crippen LogP contribution in [0.2, 0.25) is 0 Å². The molecule has 0 aliphatic rings. The Balaban J connectivity index is 2.64. The molecule has 8 heteroatoms. The number of aromatic hydroxyl groups is 1. The highest BCUT2D eigenvalue weighted by Crippen LogP contribution is 2.27. The number of aromatic amines is 1. The molecule has 0 unspecified atom stereocenters. The maximum Gasteiger partial charge on any atom is 0.330 e. The molecule has 1 aromatic heterocycles. The molecule has 0 spiro atoms. The highest BCUT2D eigenvalue weighted by atomic mass is 16.3. The fraction of sp³-hybridized carbons (Fsp3) is 0.476. The smallest absolute Gasteiger partial charge is 0.330 e. The number of aryl methyl sites for hydroxylation is 1. The highest BCUT2D eigenvalue weighted by molar-refractivity contribution is 6.09. The van der Waals surface area contributed by atoms with E-state index in [1.54, 1.807) is 19.1 Å². The second-order valence-corrected chi connectivity index (χ2v) is 7.61. The standard InChI is InChI=1S/C21H30N4O4/c1-5-6-11-25-18(22)16(19(27)23-21(25)29)24(12-10-13(2)3)20(28)15-9-7-8-14(4)17(15)26/h7-9,13,26H,5-6,10-12,22H2,1-4H3,(H,23,27,29). The molecule has 0 radical (unpaired) electrons. The third kappa shape index (κ3) is 4.88. The summed E-state index contributed by atoms with van der Waals surface area (Å²) in [6.07, 6.45) is 2.16. The molecule has 1 aromatic carbocycles. The van der Waals surface area contributed by atoms with E-state index < -0.39 is 17.2 Å². The third-order valence-corrected chi connectivity index (χ3v) is 4.86. The second kappa shape index (κ2) is 9.45. The van der Waals surface area contributed by atoms with E-state index in [9.17, 15) is 19.5 Å². The van der Waals surface area contributed by atoms with E-state index in [1.165, 1.54) is 15.5 Å². The molecule has 0 fully saturated rings. The van der Waals surface area contributed by atoms with Crippen molar-refractivity contribution < 1.29 is 9.90 Å². The molecule has 0 aliphatic heterocycles. The van der Waals surface area contributed by atoms with Gasteiger partial charge in [0.2, 0.25) is 0 Å². The van der Waals surface area contributed by atoms with Gasteiger partial charge in [-0.25, -0.2) is 4.79 Å². The van der Waals surface area contributed by atoms with Crippen molar-refractivity contribution in [1.82, 2.24) is 9.55 Å². The Bertz CT molecular complexity index is 991. The Morgan fingerprint density at radius 3 is 2.62 bits per heavy atom. The number of nitrogens with one attached hydrogen (secondary N) is 1. The molecule has 0 atom stereocenters. The average Bonchev–Trinajstić information content (AvgIpc) is 2.65. The van der Waals surface area contributed by atoms with Gasteiger partial charge >= 0.3 is 5.69 Å². The first-order valence-electron chi connectivity index (χ1n) is 9.92. The molecule has 0 saturated carbocycles. The van der Waals surface area contributed by atoms with E-state index in [-0.39, 0.29) is 35.3 Å². The van der Waals surface area contributed by atoms with Crippen molar-refractivity contribution in [3.05, 3.63) is 50.2 Å². The van der Waals surface area contributed by atoms with Crippen LogP contribution < -0.4 is 21.9 Å². The molecule has 2 rings (SSSR count). The number of carbonyl (C=O) groups excluding carboxylic acids is 1. The van der Waals surface area contributed by atoms with Gasteiger partial charge in [-0.3, -0.25) is 19.1 Å². The van der Waals surface area contributed by atoms with Crippen LogP contribution in [0.1, 0.15) is 56.0 Å². The predicted octanol–water partition coefficient (Wildman–Crippen LogP) is 2.63. The highest BCUT2D eigenvalue weighted by Gasteiger charge is 2.27. The fourth-order valence-corrected chi connectivity index (χ4v) is 3.06. The molecule has 4 N–H and O–H groups in total. The Morgan fingerprint density at radius 2 is 2.00 bits per heavy atom. The Hall–Kier alpha value is -3.03. The largest absolute Gasteiger partial charge is 0.507 e. The van der Waals surface area contributed by atoms with Crippen LogP contribution >= 0.6 is 0 Å². The quantitative estimate of drug-likeness (QED) is 0.627. The average molecular weight is 402 g/mol. The van der Waals surface area contributed by atoms with Crippen molar-refractivity contribution in [3.63, 3.8) is 0 Å². The van der Waals surface area contributed by atoms with Crippen molar-refractivity contribution in [3.8, 4) is 5.75 Å². The van der Waals surface area contributed by atoms with Gasteiger partial charge < -0.3 is 15.7 Å².